The minimum Gasteiger partial charge on any atom is -0.494 e. The fourth-order valence-corrected chi connectivity index (χ4v) is 4.40. The third-order valence-corrected chi connectivity index (χ3v) is 5.31. The van der Waals surface area contributed by atoms with Crippen molar-refractivity contribution >= 4 is 17.4 Å². The largest absolute Gasteiger partial charge is 0.494 e. The van der Waals surface area contributed by atoms with Gasteiger partial charge in [-0.05, 0) is 37.1 Å². The van der Waals surface area contributed by atoms with Crippen molar-refractivity contribution in [3.8, 4) is 5.75 Å². The molecule has 0 radical (unpaired) electrons. The van der Waals surface area contributed by atoms with Gasteiger partial charge < -0.3 is 14.8 Å². The van der Waals surface area contributed by atoms with Crippen LogP contribution in [0.15, 0.2) is 18.2 Å². The number of methoxy groups -OCH3 is 1. The summed E-state index contributed by atoms with van der Waals surface area (Å²) in [6.07, 6.45) is 3.13. The second-order valence-corrected chi connectivity index (χ2v) is 6.62. The maximum absolute atomic E-state index is 13.2. The van der Waals surface area contributed by atoms with Gasteiger partial charge in [0.2, 0.25) is 0 Å². The van der Waals surface area contributed by atoms with E-state index in [0.717, 1.165) is 37.3 Å². The maximum atomic E-state index is 13.2. The highest BCUT2D eigenvalue weighted by Crippen LogP contribution is 2.39. The summed E-state index contributed by atoms with van der Waals surface area (Å²) in [5, 5.41) is 3.50. The van der Waals surface area contributed by atoms with Crippen molar-refractivity contribution in [3.63, 3.8) is 0 Å². The van der Waals surface area contributed by atoms with Crippen LogP contribution in [0.3, 0.4) is 0 Å². The smallest absolute Gasteiger partial charge is 0.144 e. The predicted octanol–water partition coefficient (Wildman–Crippen LogP) is 3.30. The number of anilines is 1. The van der Waals surface area contributed by atoms with Gasteiger partial charge in [-0.2, -0.15) is 11.8 Å². The molecule has 1 aromatic carbocycles. The summed E-state index contributed by atoms with van der Waals surface area (Å²) in [5.74, 6) is 2.56. The zero-order valence-corrected chi connectivity index (χ0v) is 12.5. The maximum Gasteiger partial charge on any atom is 0.144 e. The van der Waals surface area contributed by atoms with Gasteiger partial charge >= 0.3 is 0 Å². The van der Waals surface area contributed by atoms with Gasteiger partial charge in [0.15, 0.2) is 0 Å². The Morgan fingerprint density at radius 2 is 2.40 bits per heavy atom. The van der Waals surface area contributed by atoms with Gasteiger partial charge in [-0.15, -0.1) is 0 Å². The number of thioether (sulfide) groups is 1. The van der Waals surface area contributed by atoms with Crippen molar-refractivity contribution in [2.45, 2.75) is 30.9 Å². The molecule has 2 atom stereocenters. The molecule has 1 aromatic rings. The normalized spacial score (nSPS) is 29.6. The molecular formula is C15H20FNO2S. The Kier molecular flexibility index (Phi) is 4.08. The zero-order chi connectivity index (χ0) is 14.0. The van der Waals surface area contributed by atoms with E-state index in [-0.39, 0.29) is 11.4 Å². The van der Waals surface area contributed by atoms with Gasteiger partial charge in [0.25, 0.3) is 0 Å². The number of hydrogen-bond acceptors (Lipinski definition) is 4. The van der Waals surface area contributed by atoms with E-state index in [2.05, 4.69) is 5.32 Å². The highest BCUT2D eigenvalue weighted by Gasteiger charge is 2.40. The first-order chi connectivity index (χ1) is 9.71. The van der Waals surface area contributed by atoms with Crippen LogP contribution in [-0.2, 0) is 4.74 Å². The number of ether oxygens (including phenoxy) is 2. The van der Waals surface area contributed by atoms with Crippen LogP contribution in [0.1, 0.15) is 19.3 Å². The molecule has 0 amide bonds. The summed E-state index contributed by atoms with van der Waals surface area (Å²) in [6.45, 7) is 0.793. The minimum atomic E-state index is -0.275. The summed E-state index contributed by atoms with van der Waals surface area (Å²) < 4.78 is 24.5. The van der Waals surface area contributed by atoms with Crippen molar-refractivity contribution in [1.29, 1.82) is 0 Å². The molecule has 2 heterocycles. The molecule has 2 unspecified atom stereocenters. The van der Waals surface area contributed by atoms with Gasteiger partial charge in [0, 0.05) is 24.5 Å². The number of nitrogens with one attached hydrogen (secondary N) is 1. The Morgan fingerprint density at radius 3 is 3.15 bits per heavy atom. The van der Waals surface area contributed by atoms with Crippen molar-refractivity contribution < 1.29 is 13.9 Å². The predicted molar refractivity (Wildman–Crippen MR) is 80.2 cm³/mol. The standard InChI is InChI=1S/C15H20FNO2S/c1-18-14-8-11(16)2-3-13(14)17-12-4-6-19-15(9-12)5-7-20-10-15/h2-3,8,12,17H,4-7,9-10H2,1H3. The van der Waals surface area contributed by atoms with E-state index in [0.29, 0.717) is 11.8 Å². The van der Waals surface area contributed by atoms with Crippen LogP contribution in [-0.4, -0.2) is 36.9 Å². The van der Waals surface area contributed by atoms with E-state index in [9.17, 15) is 4.39 Å². The van der Waals surface area contributed by atoms with Crippen LogP contribution >= 0.6 is 11.8 Å². The first-order valence-electron chi connectivity index (χ1n) is 7.03. The molecule has 2 aliphatic rings. The van der Waals surface area contributed by atoms with Crippen molar-refractivity contribution in [1.82, 2.24) is 0 Å². The molecule has 5 heteroatoms. The Bertz CT molecular complexity index is 477. The van der Waals surface area contributed by atoms with E-state index in [1.165, 1.54) is 17.9 Å². The summed E-state index contributed by atoms with van der Waals surface area (Å²) in [7, 11) is 1.57. The Balaban J connectivity index is 1.71. The van der Waals surface area contributed by atoms with Crippen molar-refractivity contribution in [2.24, 2.45) is 0 Å². The van der Waals surface area contributed by atoms with Gasteiger partial charge in [-0.25, -0.2) is 4.39 Å². The molecule has 0 aromatic heterocycles. The molecule has 3 nitrogen and oxygen atoms in total. The third kappa shape index (κ3) is 2.88. The van der Waals surface area contributed by atoms with Crippen LogP contribution < -0.4 is 10.1 Å². The summed E-state index contributed by atoms with van der Waals surface area (Å²) in [6, 6.07) is 5.00. The fourth-order valence-electron chi connectivity index (χ4n) is 3.02. The molecule has 110 valence electrons. The minimum absolute atomic E-state index is 0.0495. The Morgan fingerprint density at radius 1 is 1.50 bits per heavy atom. The van der Waals surface area contributed by atoms with Gasteiger partial charge in [-0.1, -0.05) is 0 Å². The second-order valence-electron chi connectivity index (χ2n) is 5.51. The van der Waals surface area contributed by atoms with E-state index in [1.807, 2.05) is 11.8 Å². The van der Waals surface area contributed by atoms with Crippen molar-refractivity contribution in [2.75, 3.05) is 30.5 Å². The van der Waals surface area contributed by atoms with Gasteiger partial charge in [0.05, 0.1) is 18.4 Å². The zero-order valence-electron chi connectivity index (χ0n) is 11.7. The number of benzene rings is 1. The van der Waals surface area contributed by atoms with Crippen LogP contribution in [0.2, 0.25) is 0 Å². The molecule has 2 saturated heterocycles. The molecule has 3 rings (SSSR count). The number of halogens is 1. The molecule has 1 N–H and O–H groups in total. The van der Waals surface area contributed by atoms with Crippen LogP contribution in [0.4, 0.5) is 10.1 Å². The summed E-state index contributed by atoms with van der Waals surface area (Å²) in [5.41, 5.74) is 0.912. The SMILES string of the molecule is COc1cc(F)ccc1NC1CCOC2(CCSC2)C1. The fraction of sp³-hybridized carbons (Fsp3) is 0.600. The second kappa shape index (κ2) is 5.82. The van der Waals surface area contributed by atoms with Crippen LogP contribution in [0.5, 0.6) is 5.75 Å². The number of rotatable bonds is 3. The van der Waals surface area contributed by atoms with E-state index < -0.39 is 0 Å². The monoisotopic (exact) mass is 297 g/mol. The van der Waals surface area contributed by atoms with Crippen LogP contribution in [0.25, 0.3) is 0 Å². The van der Waals surface area contributed by atoms with Gasteiger partial charge in [0.1, 0.15) is 11.6 Å². The van der Waals surface area contributed by atoms with E-state index >= 15 is 0 Å². The third-order valence-electron chi connectivity index (χ3n) is 4.08. The first-order valence-corrected chi connectivity index (χ1v) is 8.18. The van der Waals surface area contributed by atoms with Crippen LogP contribution in [0, 0.1) is 5.82 Å². The average molecular weight is 297 g/mol. The summed E-state index contributed by atoms with van der Waals surface area (Å²) in [4.78, 5) is 0. The lowest BCUT2D eigenvalue weighted by atomic mass is 9.89. The van der Waals surface area contributed by atoms with E-state index in [1.54, 1.807) is 13.2 Å². The molecule has 20 heavy (non-hydrogen) atoms. The molecule has 0 aliphatic carbocycles. The quantitative estimate of drug-likeness (QED) is 0.927. The highest BCUT2D eigenvalue weighted by molar-refractivity contribution is 7.99. The highest BCUT2D eigenvalue weighted by atomic mass is 32.2. The van der Waals surface area contributed by atoms with Crippen molar-refractivity contribution in [3.05, 3.63) is 24.0 Å². The Labute approximate surface area is 123 Å². The molecular weight excluding hydrogens is 277 g/mol. The lowest BCUT2D eigenvalue weighted by molar-refractivity contribution is -0.0628. The van der Waals surface area contributed by atoms with E-state index in [4.69, 9.17) is 9.47 Å². The topological polar surface area (TPSA) is 30.5 Å². The lowest BCUT2D eigenvalue weighted by Crippen LogP contribution is -2.44. The Hall–Kier alpha value is -0.940. The summed E-state index contributed by atoms with van der Waals surface area (Å²) >= 11 is 1.97. The molecule has 1 spiro atoms. The first kappa shape index (κ1) is 14.0. The average Bonchev–Trinajstić information content (AvgIpc) is 2.89. The molecule has 2 aliphatic heterocycles. The molecule has 0 saturated carbocycles. The molecule has 2 fully saturated rings. The molecule has 0 bridgehead atoms. The lowest BCUT2D eigenvalue weighted by Gasteiger charge is -2.38. The van der Waals surface area contributed by atoms with Gasteiger partial charge in [-0.3, -0.25) is 0 Å². The number of hydrogen-bond donors (Lipinski definition) is 1.